The molecule has 0 atom stereocenters. The molecular weight excluding hydrogens is 544 g/mol. The Balaban J connectivity index is 1.94. The summed E-state index contributed by atoms with van der Waals surface area (Å²) < 4.78 is 35.1. The van der Waals surface area contributed by atoms with E-state index in [2.05, 4.69) is 23.2 Å². The number of ether oxygens (including phenoxy) is 1. The summed E-state index contributed by atoms with van der Waals surface area (Å²) >= 11 is 0. The standard InChI is InChI=1S/C30H32N4O6S/c1-6-28(35)31-16-17-34(29(36)7-2)25-13-9-12-24(20-25)32-41(38,39)27-19-22(14-15-26(27)40-5)21-10-8-11-23(18-21)30(37)33(3)4/h6-15,18-20,32H,1-2,16-17H2,3-5H3,(H,31,35). The van der Waals surface area contributed by atoms with Crippen molar-refractivity contribution in [1.29, 1.82) is 0 Å². The van der Waals surface area contributed by atoms with Gasteiger partial charge in [-0.1, -0.05) is 37.4 Å². The Bertz CT molecular complexity index is 1580. The maximum absolute atomic E-state index is 13.6. The highest BCUT2D eigenvalue weighted by Gasteiger charge is 2.22. The van der Waals surface area contributed by atoms with Crippen molar-refractivity contribution in [2.75, 3.05) is 43.9 Å². The molecule has 0 bridgehead atoms. The summed E-state index contributed by atoms with van der Waals surface area (Å²) in [5, 5.41) is 2.60. The van der Waals surface area contributed by atoms with Crippen LogP contribution in [0, 0.1) is 0 Å². The molecule has 3 rings (SSSR count). The van der Waals surface area contributed by atoms with Gasteiger partial charge in [-0.05, 0) is 65.7 Å². The van der Waals surface area contributed by atoms with Gasteiger partial charge in [-0.25, -0.2) is 8.42 Å². The molecule has 0 spiro atoms. The highest BCUT2D eigenvalue weighted by Crippen LogP contribution is 2.32. The molecule has 3 aromatic rings. The van der Waals surface area contributed by atoms with Crippen molar-refractivity contribution in [3.05, 3.63) is 97.6 Å². The summed E-state index contributed by atoms with van der Waals surface area (Å²) in [4.78, 5) is 39.2. The zero-order valence-electron chi connectivity index (χ0n) is 23.1. The molecule has 0 aromatic heterocycles. The summed E-state index contributed by atoms with van der Waals surface area (Å²) in [6.07, 6.45) is 2.25. The van der Waals surface area contributed by atoms with Gasteiger partial charge >= 0.3 is 0 Å². The Hall–Kier alpha value is -4.90. The minimum Gasteiger partial charge on any atom is -0.495 e. The number of benzene rings is 3. The van der Waals surface area contributed by atoms with Crippen LogP contribution in [-0.4, -0.2) is 65.3 Å². The van der Waals surface area contributed by atoms with Crippen LogP contribution >= 0.6 is 0 Å². The Labute approximate surface area is 240 Å². The van der Waals surface area contributed by atoms with E-state index in [9.17, 15) is 22.8 Å². The second kappa shape index (κ2) is 13.4. The van der Waals surface area contributed by atoms with Gasteiger partial charge in [-0.2, -0.15) is 0 Å². The molecule has 41 heavy (non-hydrogen) atoms. The van der Waals surface area contributed by atoms with Gasteiger partial charge in [0.05, 0.1) is 12.8 Å². The monoisotopic (exact) mass is 576 g/mol. The van der Waals surface area contributed by atoms with Gasteiger partial charge in [0, 0.05) is 38.4 Å². The first-order chi connectivity index (χ1) is 19.5. The summed E-state index contributed by atoms with van der Waals surface area (Å²) in [5.41, 5.74) is 2.28. The molecule has 214 valence electrons. The number of hydrogen-bond donors (Lipinski definition) is 2. The van der Waals surface area contributed by atoms with Gasteiger partial charge in [-0.15, -0.1) is 0 Å². The van der Waals surface area contributed by atoms with Crippen LogP contribution in [0.5, 0.6) is 5.75 Å². The first-order valence-corrected chi connectivity index (χ1v) is 14.0. The Morgan fingerprint density at radius 3 is 2.29 bits per heavy atom. The number of amides is 3. The van der Waals surface area contributed by atoms with Crippen molar-refractivity contribution in [2.24, 2.45) is 0 Å². The number of rotatable bonds is 12. The van der Waals surface area contributed by atoms with E-state index in [-0.39, 0.29) is 41.2 Å². The molecule has 11 heteroatoms. The quantitative estimate of drug-likeness (QED) is 0.317. The number of carbonyl (C=O) groups excluding carboxylic acids is 3. The van der Waals surface area contributed by atoms with Gasteiger partial charge in [0.25, 0.3) is 15.9 Å². The lowest BCUT2D eigenvalue weighted by atomic mass is 10.0. The number of hydrogen-bond acceptors (Lipinski definition) is 6. The van der Waals surface area contributed by atoms with Gasteiger partial charge in [-0.3, -0.25) is 19.1 Å². The first-order valence-electron chi connectivity index (χ1n) is 12.5. The van der Waals surface area contributed by atoms with E-state index in [1.165, 1.54) is 29.0 Å². The fourth-order valence-corrected chi connectivity index (χ4v) is 5.19. The number of nitrogens with one attached hydrogen (secondary N) is 2. The van der Waals surface area contributed by atoms with E-state index in [1.807, 2.05) is 0 Å². The predicted octanol–water partition coefficient (Wildman–Crippen LogP) is 3.69. The lowest BCUT2D eigenvalue weighted by Crippen LogP contribution is -2.37. The molecule has 0 fully saturated rings. The van der Waals surface area contributed by atoms with E-state index in [4.69, 9.17) is 4.74 Å². The molecule has 3 aromatic carbocycles. The van der Waals surface area contributed by atoms with E-state index < -0.39 is 15.9 Å². The molecule has 0 saturated carbocycles. The molecule has 0 heterocycles. The van der Waals surface area contributed by atoms with Crippen molar-refractivity contribution >= 4 is 39.1 Å². The lowest BCUT2D eigenvalue weighted by Gasteiger charge is -2.22. The second-order valence-corrected chi connectivity index (χ2v) is 10.6. The molecule has 0 aliphatic heterocycles. The zero-order chi connectivity index (χ0) is 30.2. The average Bonchev–Trinajstić information content (AvgIpc) is 2.97. The topological polar surface area (TPSA) is 125 Å². The molecule has 0 aliphatic carbocycles. The van der Waals surface area contributed by atoms with Crippen molar-refractivity contribution in [3.63, 3.8) is 0 Å². The van der Waals surface area contributed by atoms with E-state index >= 15 is 0 Å². The third-order valence-electron chi connectivity index (χ3n) is 5.97. The highest BCUT2D eigenvalue weighted by molar-refractivity contribution is 7.92. The zero-order valence-corrected chi connectivity index (χ0v) is 23.9. The summed E-state index contributed by atoms with van der Waals surface area (Å²) in [5.74, 6) is -0.868. The van der Waals surface area contributed by atoms with E-state index in [0.717, 1.165) is 12.2 Å². The van der Waals surface area contributed by atoms with Crippen molar-refractivity contribution < 1.29 is 27.5 Å². The van der Waals surface area contributed by atoms with Crippen molar-refractivity contribution in [1.82, 2.24) is 10.2 Å². The smallest absolute Gasteiger partial charge is 0.265 e. The number of nitrogens with zero attached hydrogens (tertiary/aromatic N) is 2. The van der Waals surface area contributed by atoms with Gasteiger partial charge < -0.3 is 19.9 Å². The highest BCUT2D eigenvalue weighted by atomic mass is 32.2. The fraction of sp³-hybridized carbons (Fsp3) is 0.167. The van der Waals surface area contributed by atoms with E-state index in [1.54, 1.807) is 68.7 Å². The lowest BCUT2D eigenvalue weighted by molar-refractivity contribution is -0.117. The van der Waals surface area contributed by atoms with E-state index in [0.29, 0.717) is 22.4 Å². The SMILES string of the molecule is C=CC(=O)NCCN(C(=O)C=C)c1cccc(NS(=O)(=O)c2cc(-c3cccc(C(=O)N(C)C)c3)ccc2OC)c1. The predicted molar refractivity (Wildman–Crippen MR) is 159 cm³/mol. The fourth-order valence-electron chi connectivity index (χ4n) is 3.94. The summed E-state index contributed by atoms with van der Waals surface area (Å²) in [7, 11) is 0.509. The van der Waals surface area contributed by atoms with Crippen molar-refractivity contribution in [3.8, 4) is 16.9 Å². The number of sulfonamides is 1. The Kier molecular flexibility index (Phi) is 10.0. The van der Waals surface area contributed by atoms with Crippen LogP contribution in [0.1, 0.15) is 10.4 Å². The van der Waals surface area contributed by atoms with Crippen molar-refractivity contribution in [2.45, 2.75) is 4.90 Å². The van der Waals surface area contributed by atoms with Crippen LogP contribution in [0.4, 0.5) is 11.4 Å². The average molecular weight is 577 g/mol. The van der Waals surface area contributed by atoms with Crippen LogP contribution in [0.25, 0.3) is 11.1 Å². The normalized spacial score (nSPS) is 10.7. The number of carbonyl (C=O) groups is 3. The maximum Gasteiger partial charge on any atom is 0.265 e. The van der Waals surface area contributed by atoms with Crippen LogP contribution < -0.4 is 19.7 Å². The second-order valence-electron chi connectivity index (χ2n) is 8.99. The minimum atomic E-state index is -4.17. The van der Waals surface area contributed by atoms with Crippen LogP contribution in [0.3, 0.4) is 0 Å². The Morgan fingerprint density at radius 1 is 0.927 bits per heavy atom. The Morgan fingerprint density at radius 2 is 1.63 bits per heavy atom. The van der Waals surface area contributed by atoms with Gasteiger partial charge in [0.1, 0.15) is 10.6 Å². The maximum atomic E-state index is 13.6. The molecule has 0 unspecified atom stereocenters. The van der Waals surface area contributed by atoms with Gasteiger partial charge in [0.15, 0.2) is 0 Å². The molecule has 0 radical (unpaired) electrons. The van der Waals surface area contributed by atoms with Gasteiger partial charge in [0.2, 0.25) is 11.8 Å². The minimum absolute atomic E-state index is 0.113. The summed E-state index contributed by atoms with van der Waals surface area (Å²) in [6.45, 7) is 7.18. The van der Waals surface area contributed by atoms with Crippen LogP contribution in [0.2, 0.25) is 0 Å². The summed E-state index contributed by atoms with van der Waals surface area (Å²) in [6, 6.07) is 17.9. The number of methoxy groups -OCH3 is 1. The molecule has 0 saturated heterocycles. The molecule has 0 aliphatic rings. The molecule has 3 amide bonds. The first kappa shape index (κ1) is 30.6. The third-order valence-corrected chi connectivity index (χ3v) is 7.38. The molecule has 10 nitrogen and oxygen atoms in total. The number of anilines is 2. The molecular formula is C30H32N4O6S. The van der Waals surface area contributed by atoms with Crippen LogP contribution in [-0.2, 0) is 19.6 Å². The largest absolute Gasteiger partial charge is 0.495 e. The third kappa shape index (κ3) is 7.61. The molecule has 2 N–H and O–H groups in total. The van der Waals surface area contributed by atoms with Crippen LogP contribution in [0.15, 0.2) is 96.9 Å².